The summed E-state index contributed by atoms with van der Waals surface area (Å²) in [6.45, 7) is 0.214. The van der Waals surface area contributed by atoms with Gasteiger partial charge in [0.1, 0.15) is 12.6 Å². The maximum Gasteiger partial charge on any atom is 0.407 e. The SMILES string of the molecule is O=C(N[C@@H]1CCC[C@@H]1C(=O)NC(C(=O)O)C1CCC1)OCC1c2ccccc2-c2ccccc21. The Bertz CT molecular complexity index is 1050. The summed E-state index contributed by atoms with van der Waals surface area (Å²) in [4.78, 5) is 37.2. The monoisotopic (exact) mass is 462 g/mol. The fourth-order valence-electron chi connectivity index (χ4n) is 5.65. The Kier molecular flexibility index (Phi) is 6.26. The largest absolute Gasteiger partial charge is 0.480 e. The molecule has 0 radical (unpaired) electrons. The van der Waals surface area contributed by atoms with Gasteiger partial charge in [-0.25, -0.2) is 9.59 Å². The highest BCUT2D eigenvalue weighted by Gasteiger charge is 2.39. The van der Waals surface area contributed by atoms with Gasteiger partial charge in [-0.05, 0) is 53.9 Å². The summed E-state index contributed by atoms with van der Waals surface area (Å²) >= 11 is 0. The third-order valence-corrected chi connectivity index (χ3v) is 7.68. The first kappa shape index (κ1) is 22.4. The molecular weight excluding hydrogens is 432 g/mol. The van der Waals surface area contributed by atoms with Gasteiger partial charge in [-0.1, -0.05) is 61.4 Å². The van der Waals surface area contributed by atoms with Gasteiger partial charge in [0.2, 0.25) is 5.91 Å². The molecule has 0 aliphatic heterocycles. The van der Waals surface area contributed by atoms with E-state index in [-0.39, 0.29) is 30.4 Å². The summed E-state index contributed by atoms with van der Waals surface area (Å²) in [5.74, 6) is -1.75. The van der Waals surface area contributed by atoms with Crippen molar-refractivity contribution in [2.45, 2.75) is 56.5 Å². The molecule has 0 saturated heterocycles. The molecule has 5 rings (SSSR count). The third-order valence-electron chi connectivity index (χ3n) is 7.68. The Hall–Kier alpha value is -3.35. The van der Waals surface area contributed by atoms with E-state index in [1.165, 1.54) is 11.1 Å². The summed E-state index contributed by atoms with van der Waals surface area (Å²) in [7, 11) is 0. The number of aliphatic carboxylic acids is 1. The van der Waals surface area contributed by atoms with E-state index < -0.39 is 24.0 Å². The van der Waals surface area contributed by atoms with Crippen LogP contribution in [0.4, 0.5) is 4.79 Å². The third kappa shape index (κ3) is 4.27. The second kappa shape index (κ2) is 9.49. The van der Waals surface area contributed by atoms with Gasteiger partial charge in [0.25, 0.3) is 0 Å². The Morgan fingerprint density at radius 2 is 1.53 bits per heavy atom. The van der Waals surface area contributed by atoms with E-state index in [1.807, 2.05) is 24.3 Å². The van der Waals surface area contributed by atoms with Crippen molar-refractivity contribution < 1.29 is 24.2 Å². The number of fused-ring (bicyclic) bond motifs is 3. The first-order valence-electron chi connectivity index (χ1n) is 12.2. The molecule has 3 N–H and O–H groups in total. The molecule has 7 nitrogen and oxygen atoms in total. The molecule has 2 saturated carbocycles. The van der Waals surface area contributed by atoms with E-state index in [4.69, 9.17) is 4.74 Å². The molecule has 0 heterocycles. The molecule has 2 aromatic carbocycles. The van der Waals surface area contributed by atoms with Crippen molar-refractivity contribution in [3.05, 3.63) is 59.7 Å². The van der Waals surface area contributed by atoms with Crippen molar-refractivity contribution in [2.75, 3.05) is 6.61 Å². The standard InChI is InChI=1S/C27H30N2O5/c30-25(29-24(26(31)32)16-7-5-8-16)21-13-6-14-23(21)28-27(33)34-15-22-19-11-3-1-9-17(19)18-10-2-4-12-20(18)22/h1-4,9-12,16,21-24H,5-8,13-15H2,(H,28,33)(H,29,30)(H,31,32)/t21-,23+,24?/m0/s1. The molecule has 3 aliphatic carbocycles. The first-order valence-corrected chi connectivity index (χ1v) is 12.2. The second-order valence-corrected chi connectivity index (χ2v) is 9.63. The summed E-state index contributed by atoms with van der Waals surface area (Å²) in [5, 5.41) is 15.1. The van der Waals surface area contributed by atoms with Crippen molar-refractivity contribution in [2.24, 2.45) is 11.8 Å². The summed E-state index contributed by atoms with van der Waals surface area (Å²) in [5.41, 5.74) is 4.62. The molecule has 1 unspecified atom stereocenters. The highest BCUT2D eigenvalue weighted by molar-refractivity contribution is 5.86. The molecular formula is C27H30N2O5. The lowest BCUT2D eigenvalue weighted by Gasteiger charge is -2.32. The number of benzene rings is 2. The zero-order valence-electron chi connectivity index (χ0n) is 19.0. The maximum atomic E-state index is 12.9. The van der Waals surface area contributed by atoms with Gasteiger partial charge < -0.3 is 20.5 Å². The van der Waals surface area contributed by atoms with Crippen LogP contribution in [0, 0.1) is 11.8 Å². The van der Waals surface area contributed by atoms with Gasteiger partial charge >= 0.3 is 12.1 Å². The molecule has 2 aromatic rings. The van der Waals surface area contributed by atoms with Gasteiger partial charge in [-0.3, -0.25) is 4.79 Å². The zero-order chi connectivity index (χ0) is 23.7. The van der Waals surface area contributed by atoms with Crippen LogP contribution < -0.4 is 10.6 Å². The van der Waals surface area contributed by atoms with Crippen LogP contribution in [0.5, 0.6) is 0 Å². The number of ether oxygens (including phenoxy) is 1. The first-order chi connectivity index (χ1) is 16.5. The van der Waals surface area contributed by atoms with Crippen LogP contribution in [-0.4, -0.2) is 41.8 Å². The van der Waals surface area contributed by atoms with Crippen molar-refractivity contribution in [1.82, 2.24) is 10.6 Å². The molecule has 0 aromatic heterocycles. The minimum absolute atomic E-state index is 0.00334. The quantitative estimate of drug-likeness (QED) is 0.576. The highest BCUT2D eigenvalue weighted by atomic mass is 16.5. The van der Waals surface area contributed by atoms with Gasteiger partial charge in [0.15, 0.2) is 0 Å². The van der Waals surface area contributed by atoms with Crippen molar-refractivity contribution in [3.8, 4) is 11.1 Å². The van der Waals surface area contributed by atoms with E-state index in [2.05, 4.69) is 34.9 Å². The van der Waals surface area contributed by atoms with Crippen molar-refractivity contribution >= 4 is 18.0 Å². The number of hydrogen-bond donors (Lipinski definition) is 3. The van der Waals surface area contributed by atoms with Crippen LogP contribution in [0.1, 0.15) is 55.6 Å². The fourth-order valence-corrected chi connectivity index (χ4v) is 5.65. The summed E-state index contributed by atoms with van der Waals surface area (Å²) in [6, 6.07) is 15.1. The smallest absolute Gasteiger partial charge is 0.407 e. The van der Waals surface area contributed by atoms with Gasteiger partial charge in [0.05, 0.1) is 5.92 Å². The average Bonchev–Trinajstić information content (AvgIpc) is 3.38. The van der Waals surface area contributed by atoms with E-state index in [0.717, 1.165) is 36.8 Å². The lowest BCUT2D eigenvalue weighted by Crippen LogP contribution is -2.52. The van der Waals surface area contributed by atoms with Gasteiger partial charge in [-0.2, -0.15) is 0 Å². The molecule has 0 bridgehead atoms. The Labute approximate surface area is 198 Å². The molecule has 2 fully saturated rings. The number of amides is 2. The second-order valence-electron chi connectivity index (χ2n) is 9.63. The highest BCUT2D eigenvalue weighted by Crippen LogP contribution is 2.44. The predicted molar refractivity (Wildman–Crippen MR) is 126 cm³/mol. The number of hydrogen-bond acceptors (Lipinski definition) is 4. The predicted octanol–water partition coefficient (Wildman–Crippen LogP) is 4.06. The normalized spacial score (nSPS) is 22.2. The molecule has 3 aliphatic rings. The molecule has 3 atom stereocenters. The molecule has 34 heavy (non-hydrogen) atoms. The van der Waals surface area contributed by atoms with E-state index in [1.54, 1.807) is 0 Å². The number of carboxylic acids is 1. The van der Waals surface area contributed by atoms with Gasteiger partial charge in [-0.15, -0.1) is 0 Å². The van der Waals surface area contributed by atoms with E-state index >= 15 is 0 Å². The van der Waals surface area contributed by atoms with Crippen LogP contribution in [0.2, 0.25) is 0 Å². The average molecular weight is 463 g/mol. The Morgan fingerprint density at radius 1 is 0.912 bits per heavy atom. The topological polar surface area (TPSA) is 105 Å². The van der Waals surface area contributed by atoms with Crippen molar-refractivity contribution in [3.63, 3.8) is 0 Å². The lowest BCUT2D eigenvalue weighted by atomic mass is 9.79. The number of alkyl carbamates (subject to hydrolysis) is 1. The molecule has 178 valence electrons. The summed E-state index contributed by atoms with van der Waals surface area (Å²) in [6.07, 6.45) is 4.20. The van der Waals surface area contributed by atoms with Crippen molar-refractivity contribution in [1.29, 1.82) is 0 Å². The van der Waals surface area contributed by atoms with E-state index in [9.17, 15) is 19.5 Å². The summed E-state index contributed by atoms with van der Waals surface area (Å²) < 4.78 is 5.64. The minimum atomic E-state index is -0.989. The molecule has 0 spiro atoms. The fraction of sp³-hybridized carbons (Fsp3) is 0.444. The van der Waals surface area contributed by atoms with Crippen LogP contribution in [0.25, 0.3) is 11.1 Å². The molecule has 2 amide bonds. The number of carbonyl (C=O) groups excluding carboxylic acids is 2. The molecule has 7 heteroatoms. The van der Waals surface area contributed by atoms with Crippen LogP contribution in [-0.2, 0) is 14.3 Å². The zero-order valence-corrected chi connectivity index (χ0v) is 19.0. The van der Waals surface area contributed by atoms with Crippen LogP contribution >= 0.6 is 0 Å². The Balaban J connectivity index is 1.19. The van der Waals surface area contributed by atoms with Crippen LogP contribution in [0.3, 0.4) is 0 Å². The van der Waals surface area contributed by atoms with E-state index in [0.29, 0.717) is 12.8 Å². The number of nitrogens with one attached hydrogen (secondary N) is 2. The van der Waals surface area contributed by atoms with Crippen LogP contribution in [0.15, 0.2) is 48.5 Å². The van der Waals surface area contributed by atoms with Gasteiger partial charge in [0, 0.05) is 12.0 Å². The number of carboxylic acid groups (broad SMARTS) is 1. The number of rotatable bonds is 7. The lowest BCUT2D eigenvalue weighted by molar-refractivity contribution is -0.145. The minimum Gasteiger partial charge on any atom is -0.480 e. The maximum absolute atomic E-state index is 12.9. The number of carbonyl (C=O) groups is 3. The Morgan fingerprint density at radius 3 is 2.12 bits per heavy atom.